The third-order valence-electron chi connectivity index (χ3n) is 4.18. The summed E-state index contributed by atoms with van der Waals surface area (Å²) in [5.41, 5.74) is 0. The van der Waals surface area contributed by atoms with Crippen LogP contribution in [0.1, 0.15) is 57.0 Å². The van der Waals surface area contributed by atoms with Crippen molar-refractivity contribution in [2.45, 2.75) is 57.9 Å². The van der Waals surface area contributed by atoms with E-state index in [-0.39, 0.29) is 23.2 Å². The Balaban J connectivity index is 2.22. The molecule has 2 atom stereocenters. The van der Waals surface area contributed by atoms with Crippen molar-refractivity contribution in [3.05, 3.63) is 24.2 Å². The highest BCUT2D eigenvalue weighted by atomic mass is 32.2. The molecule has 0 N–H and O–H groups in total. The molecule has 2 rings (SSSR count). The minimum atomic E-state index is -0.387. The number of thioether (sulfide) groups is 1. The van der Waals surface area contributed by atoms with E-state index >= 15 is 0 Å². The van der Waals surface area contributed by atoms with E-state index in [0.717, 1.165) is 38.8 Å². The van der Waals surface area contributed by atoms with Crippen LogP contribution >= 0.6 is 11.8 Å². The molecule has 1 aliphatic rings. The van der Waals surface area contributed by atoms with Crippen molar-refractivity contribution in [3.63, 3.8) is 0 Å². The van der Waals surface area contributed by atoms with E-state index in [1.54, 1.807) is 28.8 Å². The molecule has 1 aliphatic heterocycles. The summed E-state index contributed by atoms with van der Waals surface area (Å²) in [6, 6.07) is 3.00. The van der Waals surface area contributed by atoms with Crippen LogP contribution in [0.4, 0.5) is 0 Å². The van der Waals surface area contributed by atoms with Crippen LogP contribution in [-0.4, -0.2) is 51.9 Å². The number of furan rings is 1. The predicted molar refractivity (Wildman–Crippen MR) is 97.0 cm³/mol. The standard InChI is InChI=1S/C18H28N2O3S/c1-4-8-16-20(18(22)15-9-7-12-23-15)14(13-24-16)17(21)19(10-5-2)11-6-3/h7,9,12,14,16H,4-6,8,10-11,13H2,1-3H3. The lowest BCUT2D eigenvalue weighted by molar-refractivity contribution is -0.135. The number of hydrogen-bond donors (Lipinski definition) is 0. The Morgan fingerprint density at radius 3 is 2.50 bits per heavy atom. The fourth-order valence-electron chi connectivity index (χ4n) is 3.11. The van der Waals surface area contributed by atoms with Crippen LogP contribution in [-0.2, 0) is 4.79 Å². The van der Waals surface area contributed by atoms with Gasteiger partial charge in [0.05, 0.1) is 11.6 Å². The van der Waals surface area contributed by atoms with Crippen molar-refractivity contribution in [2.24, 2.45) is 0 Å². The van der Waals surface area contributed by atoms with Gasteiger partial charge in [-0.15, -0.1) is 11.8 Å². The number of nitrogens with zero attached hydrogens (tertiary/aromatic N) is 2. The molecule has 0 spiro atoms. The minimum Gasteiger partial charge on any atom is -0.459 e. The van der Waals surface area contributed by atoms with E-state index in [1.165, 1.54) is 6.26 Å². The van der Waals surface area contributed by atoms with Gasteiger partial charge in [-0.05, 0) is 31.4 Å². The van der Waals surface area contributed by atoms with Gasteiger partial charge in [0, 0.05) is 18.8 Å². The van der Waals surface area contributed by atoms with Gasteiger partial charge in [0.1, 0.15) is 6.04 Å². The summed E-state index contributed by atoms with van der Waals surface area (Å²) in [6.07, 6.45) is 5.23. The molecule has 6 heteroatoms. The van der Waals surface area contributed by atoms with Gasteiger partial charge in [-0.3, -0.25) is 9.59 Å². The normalized spacial score (nSPS) is 20.4. The van der Waals surface area contributed by atoms with Crippen LogP contribution in [0.5, 0.6) is 0 Å². The van der Waals surface area contributed by atoms with E-state index in [2.05, 4.69) is 20.8 Å². The van der Waals surface area contributed by atoms with Crippen molar-refractivity contribution >= 4 is 23.6 Å². The highest BCUT2D eigenvalue weighted by molar-refractivity contribution is 8.00. The average molecular weight is 353 g/mol. The van der Waals surface area contributed by atoms with Gasteiger partial charge >= 0.3 is 0 Å². The average Bonchev–Trinajstić information content (AvgIpc) is 3.23. The third kappa shape index (κ3) is 4.15. The second kappa shape index (κ2) is 9.16. The number of carbonyl (C=O) groups is 2. The van der Waals surface area contributed by atoms with Gasteiger partial charge in [-0.25, -0.2) is 0 Å². The van der Waals surface area contributed by atoms with E-state index in [0.29, 0.717) is 11.5 Å². The van der Waals surface area contributed by atoms with Crippen molar-refractivity contribution in [2.75, 3.05) is 18.8 Å². The lowest BCUT2D eigenvalue weighted by Gasteiger charge is -2.32. The van der Waals surface area contributed by atoms with Gasteiger partial charge in [-0.1, -0.05) is 27.2 Å². The summed E-state index contributed by atoms with van der Waals surface area (Å²) in [5.74, 6) is 0.883. The molecule has 1 aromatic rings. The molecule has 0 saturated carbocycles. The van der Waals surface area contributed by atoms with Crippen molar-refractivity contribution in [3.8, 4) is 0 Å². The Morgan fingerprint density at radius 2 is 1.96 bits per heavy atom. The first-order valence-electron chi connectivity index (χ1n) is 8.90. The topological polar surface area (TPSA) is 53.8 Å². The summed E-state index contributed by atoms with van der Waals surface area (Å²) in [5, 5.41) is 0.0478. The maximum atomic E-state index is 13.0. The number of carbonyl (C=O) groups excluding carboxylic acids is 2. The van der Waals surface area contributed by atoms with Crippen LogP contribution in [0.3, 0.4) is 0 Å². The molecule has 1 fully saturated rings. The van der Waals surface area contributed by atoms with Crippen LogP contribution in [0, 0.1) is 0 Å². The maximum absolute atomic E-state index is 13.0. The third-order valence-corrected chi connectivity index (χ3v) is 5.53. The summed E-state index contributed by atoms with van der Waals surface area (Å²) in [7, 11) is 0. The molecule has 24 heavy (non-hydrogen) atoms. The molecular weight excluding hydrogens is 324 g/mol. The molecule has 2 heterocycles. The Morgan fingerprint density at radius 1 is 1.25 bits per heavy atom. The Kier molecular flexibility index (Phi) is 7.21. The minimum absolute atomic E-state index is 0.0478. The summed E-state index contributed by atoms with van der Waals surface area (Å²) in [6.45, 7) is 7.74. The largest absolute Gasteiger partial charge is 0.459 e. The van der Waals surface area contributed by atoms with Crippen LogP contribution in [0.2, 0.25) is 0 Å². The zero-order valence-corrected chi connectivity index (χ0v) is 15.7. The van der Waals surface area contributed by atoms with Gasteiger partial charge in [0.2, 0.25) is 5.91 Å². The van der Waals surface area contributed by atoms with Crippen molar-refractivity contribution in [1.29, 1.82) is 0 Å². The summed E-state index contributed by atoms with van der Waals surface area (Å²) < 4.78 is 5.29. The Hall–Kier alpha value is -1.43. The molecule has 0 radical (unpaired) electrons. The van der Waals surface area contributed by atoms with Crippen molar-refractivity contribution in [1.82, 2.24) is 9.80 Å². The van der Waals surface area contributed by atoms with E-state index in [1.807, 2.05) is 4.90 Å². The van der Waals surface area contributed by atoms with Gasteiger partial charge in [0.15, 0.2) is 5.76 Å². The molecule has 2 unspecified atom stereocenters. The molecule has 0 bridgehead atoms. The molecule has 134 valence electrons. The zero-order valence-electron chi connectivity index (χ0n) is 14.9. The van der Waals surface area contributed by atoms with Crippen molar-refractivity contribution < 1.29 is 14.0 Å². The highest BCUT2D eigenvalue weighted by Crippen LogP contribution is 2.34. The van der Waals surface area contributed by atoms with Crippen LogP contribution < -0.4 is 0 Å². The Bertz CT molecular complexity index is 526. The van der Waals surface area contributed by atoms with E-state index < -0.39 is 0 Å². The first-order valence-corrected chi connectivity index (χ1v) is 9.95. The monoisotopic (exact) mass is 352 g/mol. The SMILES string of the molecule is CCCC1SCC(C(=O)N(CCC)CCC)N1C(=O)c1ccco1. The summed E-state index contributed by atoms with van der Waals surface area (Å²) in [4.78, 5) is 29.6. The van der Waals surface area contributed by atoms with E-state index in [4.69, 9.17) is 4.42 Å². The fraction of sp³-hybridized carbons (Fsp3) is 0.667. The quantitative estimate of drug-likeness (QED) is 0.717. The molecule has 5 nitrogen and oxygen atoms in total. The number of rotatable bonds is 8. The number of amides is 2. The lowest BCUT2D eigenvalue weighted by atomic mass is 10.2. The fourth-order valence-corrected chi connectivity index (χ4v) is 4.62. The predicted octanol–water partition coefficient (Wildman–Crippen LogP) is 3.61. The van der Waals surface area contributed by atoms with Gasteiger partial charge in [-0.2, -0.15) is 0 Å². The first kappa shape index (κ1) is 18.9. The van der Waals surface area contributed by atoms with Gasteiger partial charge in [0.25, 0.3) is 5.91 Å². The van der Waals surface area contributed by atoms with E-state index in [9.17, 15) is 9.59 Å². The lowest BCUT2D eigenvalue weighted by Crippen LogP contribution is -2.51. The second-order valence-corrected chi connectivity index (χ2v) is 7.32. The molecule has 1 saturated heterocycles. The zero-order chi connectivity index (χ0) is 17.5. The first-order chi connectivity index (χ1) is 11.6. The van der Waals surface area contributed by atoms with Crippen LogP contribution in [0.25, 0.3) is 0 Å². The summed E-state index contributed by atoms with van der Waals surface area (Å²) >= 11 is 1.71. The smallest absolute Gasteiger partial charge is 0.291 e. The number of hydrogen-bond acceptors (Lipinski definition) is 4. The molecule has 0 aliphatic carbocycles. The highest BCUT2D eigenvalue weighted by Gasteiger charge is 2.43. The Labute approximate surface area is 148 Å². The molecule has 2 amide bonds. The molecular formula is C18H28N2O3S. The van der Waals surface area contributed by atoms with Crippen LogP contribution in [0.15, 0.2) is 22.8 Å². The molecule has 0 aromatic carbocycles. The maximum Gasteiger partial charge on any atom is 0.291 e. The second-order valence-electron chi connectivity index (χ2n) is 6.11. The van der Waals surface area contributed by atoms with Gasteiger partial charge < -0.3 is 14.2 Å². The molecule has 1 aromatic heterocycles.